The van der Waals surface area contributed by atoms with Crippen LogP contribution in [0, 0.1) is 5.92 Å². The summed E-state index contributed by atoms with van der Waals surface area (Å²) in [6.45, 7) is 3.03. The maximum absolute atomic E-state index is 12.6. The van der Waals surface area contributed by atoms with Gasteiger partial charge in [-0.2, -0.15) is 0 Å². The smallest absolute Gasteiger partial charge is 0.412 e. The Kier molecular flexibility index (Phi) is 9.40. The lowest BCUT2D eigenvalue weighted by Crippen LogP contribution is -2.22. The Morgan fingerprint density at radius 1 is 1.09 bits per heavy atom. The fourth-order valence-corrected chi connectivity index (χ4v) is 2.88. The molecule has 2 atom stereocenters. The molecule has 170 valence electrons. The number of anilines is 1. The van der Waals surface area contributed by atoms with Crippen molar-refractivity contribution in [2.75, 3.05) is 18.5 Å². The third kappa shape index (κ3) is 7.22. The van der Waals surface area contributed by atoms with Crippen molar-refractivity contribution in [1.82, 2.24) is 5.48 Å². The lowest BCUT2D eigenvalue weighted by molar-refractivity contribution is -0.124. The molecule has 0 radical (unpaired) electrons. The van der Waals surface area contributed by atoms with E-state index in [1.807, 2.05) is 0 Å². The van der Waals surface area contributed by atoms with Crippen LogP contribution in [-0.4, -0.2) is 41.3 Å². The van der Waals surface area contributed by atoms with E-state index >= 15 is 0 Å². The predicted molar refractivity (Wildman–Crippen MR) is 117 cm³/mol. The van der Waals surface area contributed by atoms with Crippen LogP contribution in [0.2, 0.25) is 0 Å². The third-order valence-electron chi connectivity index (χ3n) is 4.49. The van der Waals surface area contributed by atoms with Gasteiger partial charge in [-0.1, -0.05) is 31.2 Å². The summed E-state index contributed by atoms with van der Waals surface area (Å²) in [5.41, 5.74) is 2.98. The average Bonchev–Trinajstić information content (AvgIpc) is 2.80. The number of amides is 2. The summed E-state index contributed by atoms with van der Waals surface area (Å²) >= 11 is 0. The van der Waals surface area contributed by atoms with E-state index in [-0.39, 0.29) is 19.0 Å². The highest BCUT2D eigenvalue weighted by atomic mass is 16.6. The lowest BCUT2D eigenvalue weighted by atomic mass is 9.96. The van der Waals surface area contributed by atoms with Crippen LogP contribution in [0.3, 0.4) is 0 Å². The van der Waals surface area contributed by atoms with E-state index < -0.39 is 24.0 Å². The standard InChI is InChI=1S/C23H26N2O7/c1-15(7-12-21(28)25-30)22(19-5-3-4-6-20(19)31-14-13-26)32-23(29)24-18-10-8-17(9-11-18)16(2)27/h3-12,15,22,26,30H,13-14H2,1-2H3,(H,24,29)(H,25,28)/b12-7+/t15-,22-/m1/s1. The molecule has 0 aliphatic heterocycles. The Morgan fingerprint density at radius 2 is 1.78 bits per heavy atom. The topological polar surface area (TPSA) is 134 Å². The number of ether oxygens (including phenoxy) is 2. The van der Waals surface area contributed by atoms with Gasteiger partial charge in [0.25, 0.3) is 5.91 Å². The van der Waals surface area contributed by atoms with Crippen molar-refractivity contribution < 1.29 is 34.2 Å². The number of aliphatic hydroxyl groups is 1. The fourth-order valence-electron chi connectivity index (χ4n) is 2.88. The molecular formula is C23H26N2O7. The number of carbonyl (C=O) groups is 3. The van der Waals surface area contributed by atoms with Crippen molar-refractivity contribution in [3.8, 4) is 5.75 Å². The molecule has 0 aliphatic rings. The van der Waals surface area contributed by atoms with Crippen LogP contribution in [0.15, 0.2) is 60.7 Å². The fraction of sp³-hybridized carbons (Fsp3) is 0.261. The highest BCUT2D eigenvalue weighted by molar-refractivity contribution is 5.95. The van der Waals surface area contributed by atoms with E-state index in [0.29, 0.717) is 22.6 Å². The zero-order valence-corrected chi connectivity index (χ0v) is 17.8. The number of aliphatic hydroxyl groups excluding tert-OH is 1. The van der Waals surface area contributed by atoms with Crippen molar-refractivity contribution in [2.24, 2.45) is 5.92 Å². The summed E-state index contributed by atoms with van der Waals surface area (Å²) in [6.07, 6.45) is 0.989. The Labute approximate surface area is 185 Å². The molecule has 2 rings (SSSR count). The summed E-state index contributed by atoms with van der Waals surface area (Å²) in [6, 6.07) is 13.2. The molecule has 9 heteroatoms. The van der Waals surface area contributed by atoms with E-state index in [0.717, 1.165) is 6.08 Å². The van der Waals surface area contributed by atoms with E-state index in [4.69, 9.17) is 19.8 Å². The minimum atomic E-state index is -0.857. The molecule has 0 saturated carbocycles. The summed E-state index contributed by atoms with van der Waals surface area (Å²) in [5, 5.41) is 20.4. The highest BCUT2D eigenvalue weighted by Crippen LogP contribution is 2.34. The van der Waals surface area contributed by atoms with Crippen LogP contribution in [0.5, 0.6) is 5.75 Å². The van der Waals surface area contributed by atoms with Crippen LogP contribution in [0.25, 0.3) is 0 Å². The van der Waals surface area contributed by atoms with Gasteiger partial charge in [-0.05, 0) is 37.3 Å². The van der Waals surface area contributed by atoms with Crippen LogP contribution in [0.4, 0.5) is 10.5 Å². The van der Waals surface area contributed by atoms with Crippen molar-refractivity contribution in [3.63, 3.8) is 0 Å². The minimum absolute atomic E-state index is 0.0512. The van der Waals surface area contributed by atoms with Crippen molar-refractivity contribution in [3.05, 3.63) is 71.8 Å². The number of Topliss-reactive ketones (excluding diaryl/α,β-unsaturated/α-hetero) is 1. The molecule has 0 bridgehead atoms. The molecule has 32 heavy (non-hydrogen) atoms. The second kappa shape index (κ2) is 12.2. The Morgan fingerprint density at radius 3 is 2.41 bits per heavy atom. The molecular weight excluding hydrogens is 416 g/mol. The van der Waals surface area contributed by atoms with Gasteiger partial charge in [0.2, 0.25) is 0 Å². The quantitative estimate of drug-likeness (QED) is 0.192. The molecule has 0 unspecified atom stereocenters. The predicted octanol–water partition coefficient (Wildman–Crippen LogP) is 3.25. The van der Waals surface area contributed by atoms with E-state index in [1.165, 1.54) is 18.5 Å². The maximum atomic E-state index is 12.6. The number of rotatable bonds is 10. The highest BCUT2D eigenvalue weighted by Gasteiger charge is 2.25. The summed E-state index contributed by atoms with van der Waals surface area (Å²) in [5.74, 6) is -0.893. The van der Waals surface area contributed by atoms with Gasteiger partial charge in [0.15, 0.2) is 5.78 Å². The van der Waals surface area contributed by atoms with Gasteiger partial charge in [0.05, 0.1) is 6.61 Å². The number of hydrogen-bond donors (Lipinski definition) is 4. The number of carbonyl (C=O) groups excluding carboxylic acids is 3. The van der Waals surface area contributed by atoms with E-state index in [2.05, 4.69) is 5.32 Å². The van der Waals surface area contributed by atoms with Crippen LogP contribution < -0.4 is 15.5 Å². The normalized spacial score (nSPS) is 12.6. The summed E-state index contributed by atoms with van der Waals surface area (Å²) in [7, 11) is 0. The average molecular weight is 442 g/mol. The van der Waals surface area contributed by atoms with Gasteiger partial charge in [-0.15, -0.1) is 0 Å². The molecule has 0 spiro atoms. The molecule has 0 heterocycles. The SMILES string of the molecule is CC(=O)c1ccc(NC(=O)O[C@@H](c2ccccc2OCCO)[C@H](C)/C=C/C(=O)NO)cc1. The van der Waals surface area contributed by atoms with Gasteiger partial charge in [0.1, 0.15) is 18.5 Å². The monoisotopic (exact) mass is 442 g/mol. The molecule has 4 N–H and O–H groups in total. The van der Waals surface area contributed by atoms with Gasteiger partial charge in [-0.25, -0.2) is 10.3 Å². The van der Waals surface area contributed by atoms with Gasteiger partial charge < -0.3 is 14.6 Å². The lowest BCUT2D eigenvalue weighted by Gasteiger charge is -2.24. The molecule has 2 aromatic rings. The molecule has 0 aliphatic carbocycles. The number of para-hydroxylation sites is 1. The van der Waals surface area contributed by atoms with E-state index in [9.17, 15) is 14.4 Å². The number of hydroxylamine groups is 1. The third-order valence-corrected chi connectivity index (χ3v) is 4.49. The Balaban J connectivity index is 2.26. The molecule has 2 aromatic carbocycles. The summed E-state index contributed by atoms with van der Waals surface area (Å²) in [4.78, 5) is 35.4. The molecule has 0 saturated heterocycles. The Bertz CT molecular complexity index is 957. The number of ketones is 1. The largest absolute Gasteiger partial charge is 0.491 e. The number of hydrogen-bond acceptors (Lipinski definition) is 7. The molecule has 0 aromatic heterocycles. The first-order valence-electron chi connectivity index (χ1n) is 9.89. The number of nitrogens with one attached hydrogen (secondary N) is 2. The second-order valence-corrected chi connectivity index (χ2v) is 6.89. The second-order valence-electron chi connectivity index (χ2n) is 6.89. The van der Waals surface area contributed by atoms with Crippen molar-refractivity contribution in [1.29, 1.82) is 0 Å². The van der Waals surface area contributed by atoms with Crippen molar-refractivity contribution >= 4 is 23.5 Å². The van der Waals surface area contributed by atoms with Crippen molar-refractivity contribution in [2.45, 2.75) is 20.0 Å². The molecule has 9 nitrogen and oxygen atoms in total. The van der Waals surface area contributed by atoms with Gasteiger partial charge in [-0.3, -0.25) is 20.1 Å². The maximum Gasteiger partial charge on any atom is 0.412 e. The van der Waals surface area contributed by atoms with Crippen LogP contribution >= 0.6 is 0 Å². The number of benzene rings is 2. The van der Waals surface area contributed by atoms with Gasteiger partial charge in [0, 0.05) is 28.8 Å². The Hall–Kier alpha value is -3.69. The first-order valence-corrected chi connectivity index (χ1v) is 9.89. The first-order chi connectivity index (χ1) is 15.3. The van der Waals surface area contributed by atoms with E-state index in [1.54, 1.807) is 55.5 Å². The summed E-state index contributed by atoms with van der Waals surface area (Å²) < 4.78 is 11.2. The zero-order valence-electron chi connectivity index (χ0n) is 17.8. The van der Waals surface area contributed by atoms with Crippen LogP contribution in [0.1, 0.15) is 35.9 Å². The zero-order chi connectivity index (χ0) is 23.5. The molecule has 2 amide bonds. The van der Waals surface area contributed by atoms with Gasteiger partial charge >= 0.3 is 6.09 Å². The van der Waals surface area contributed by atoms with Crippen LogP contribution in [-0.2, 0) is 9.53 Å². The molecule has 0 fully saturated rings. The minimum Gasteiger partial charge on any atom is -0.491 e. The first kappa shape index (κ1) is 24.6.